The van der Waals surface area contributed by atoms with Crippen molar-refractivity contribution in [1.82, 2.24) is 14.9 Å². The number of aromatic amines is 1. The van der Waals surface area contributed by atoms with Crippen molar-refractivity contribution in [3.05, 3.63) is 15.9 Å². The van der Waals surface area contributed by atoms with Crippen LogP contribution in [0.15, 0.2) is 9.95 Å². The van der Waals surface area contributed by atoms with Gasteiger partial charge < -0.3 is 15.0 Å². The van der Waals surface area contributed by atoms with Crippen molar-refractivity contribution in [2.45, 2.75) is 58.0 Å². The summed E-state index contributed by atoms with van der Waals surface area (Å²) in [5, 5.41) is 10.5. The lowest BCUT2D eigenvalue weighted by molar-refractivity contribution is 0.324. The number of hydrogen-bond acceptors (Lipinski definition) is 5. The van der Waals surface area contributed by atoms with Gasteiger partial charge >= 0.3 is 0 Å². The van der Waals surface area contributed by atoms with Crippen molar-refractivity contribution >= 4 is 24.2 Å². The fraction of sp³-hybridized carbons (Fsp3) is 0.750. The lowest BCUT2D eigenvalue weighted by Crippen LogP contribution is -2.25. The van der Waals surface area contributed by atoms with E-state index in [1.807, 2.05) is 0 Å². The van der Waals surface area contributed by atoms with Crippen LogP contribution in [0.2, 0.25) is 0 Å². The number of aromatic nitrogens is 2. The molecular weight excluding hydrogens is 334 g/mol. The number of nitrogens with one attached hydrogen (secondary N) is 1. The van der Waals surface area contributed by atoms with Crippen LogP contribution in [0.4, 0.5) is 0 Å². The number of aromatic hydroxyl groups is 1. The van der Waals surface area contributed by atoms with E-state index in [1.165, 1.54) is 11.8 Å². The van der Waals surface area contributed by atoms with Gasteiger partial charge in [0.05, 0.1) is 5.56 Å². The van der Waals surface area contributed by atoms with Crippen LogP contribution in [0.1, 0.15) is 52.0 Å². The molecule has 0 radical (unpaired) electrons. The van der Waals surface area contributed by atoms with E-state index in [9.17, 15) is 9.90 Å². The van der Waals surface area contributed by atoms with Crippen LogP contribution in [-0.2, 0) is 6.42 Å². The molecule has 2 N–H and O–H groups in total. The lowest BCUT2D eigenvalue weighted by atomic mass is 10.1. The van der Waals surface area contributed by atoms with Crippen LogP contribution in [-0.4, -0.2) is 45.4 Å². The first-order valence-corrected chi connectivity index (χ1v) is 9.28. The van der Waals surface area contributed by atoms with Crippen molar-refractivity contribution in [1.29, 1.82) is 0 Å². The monoisotopic (exact) mass is 363 g/mol. The van der Waals surface area contributed by atoms with Gasteiger partial charge in [0.1, 0.15) is 0 Å². The molecule has 0 aliphatic rings. The van der Waals surface area contributed by atoms with E-state index in [0.717, 1.165) is 51.1 Å². The quantitative estimate of drug-likeness (QED) is 0.358. The van der Waals surface area contributed by atoms with Crippen molar-refractivity contribution in [2.24, 2.45) is 0 Å². The van der Waals surface area contributed by atoms with Crippen LogP contribution < -0.4 is 5.56 Å². The third-order valence-electron chi connectivity index (χ3n) is 3.79. The van der Waals surface area contributed by atoms with E-state index >= 15 is 0 Å². The van der Waals surface area contributed by atoms with Gasteiger partial charge in [-0.1, -0.05) is 51.8 Å². The summed E-state index contributed by atoms with van der Waals surface area (Å²) in [5.74, 6) is 0.741. The highest BCUT2D eigenvalue weighted by molar-refractivity contribution is 7.99. The molecule has 0 bridgehead atoms. The summed E-state index contributed by atoms with van der Waals surface area (Å²) in [7, 11) is 0. The minimum absolute atomic E-state index is 0. The molecule has 0 fully saturated rings. The van der Waals surface area contributed by atoms with E-state index in [4.69, 9.17) is 0 Å². The molecule has 134 valence electrons. The number of H-pyrrole nitrogens is 1. The van der Waals surface area contributed by atoms with Crippen LogP contribution >= 0.6 is 24.2 Å². The summed E-state index contributed by atoms with van der Waals surface area (Å²) < 4.78 is 0. The summed E-state index contributed by atoms with van der Waals surface area (Å²) in [6.07, 6.45) is 4.91. The molecule has 5 nitrogen and oxygen atoms in total. The highest BCUT2D eigenvalue weighted by Crippen LogP contribution is 2.18. The van der Waals surface area contributed by atoms with Gasteiger partial charge in [-0.15, -0.1) is 12.4 Å². The number of rotatable bonds is 11. The fourth-order valence-corrected chi connectivity index (χ4v) is 3.16. The average molecular weight is 364 g/mol. The number of unbranched alkanes of at least 4 members (excludes halogenated alkanes) is 3. The fourth-order valence-electron chi connectivity index (χ4n) is 2.30. The molecule has 1 aromatic heterocycles. The number of hydrogen-bond donors (Lipinski definition) is 2. The SMILES string of the molecule is CCCCCCc1c(O)nc(SCCN(CC)CC)[nH]c1=O.Cl. The molecule has 7 heteroatoms. The van der Waals surface area contributed by atoms with Crippen LogP contribution in [0.25, 0.3) is 0 Å². The zero-order valence-corrected chi connectivity index (χ0v) is 16.1. The van der Waals surface area contributed by atoms with Gasteiger partial charge in [-0.3, -0.25) is 4.79 Å². The second-order valence-electron chi connectivity index (χ2n) is 5.36. The third-order valence-corrected chi connectivity index (χ3v) is 4.65. The minimum Gasteiger partial charge on any atom is -0.493 e. The van der Waals surface area contributed by atoms with Crippen molar-refractivity contribution < 1.29 is 5.11 Å². The topological polar surface area (TPSA) is 69.2 Å². The van der Waals surface area contributed by atoms with E-state index in [1.54, 1.807) is 0 Å². The number of thioether (sulfide) groups is 1. The Kier molecular flexibility index (Phi) is 12.3. The zero-order chi connectivity index (χ0) is 16.4. The molecule has 0 unspecified atom stereocenters. The molecule has 1 heterocycles. The second kappa shape index (κ2) is 12.7. The Balaban J connectivity index is 0.00000484. The Morgan fingerprint density at radius 2 is 1.87 bits per heavy atom. The Morgan fingerprint density at radius 1 is 1.17 bits per heavy atom. The summed E-state index contributed by atoms with van der Waals surface area (Å²) in [5.41, 5.74) is 0.221. The molecule has 0 atom stereocenters. The molecular formula is C16H30ClN3O2S. The zero-order valence-electron chi connectivity index (χ0n) is 14.4. The molecule has 0 amide bonds. The van der Waals surface area contributed by atoms with E-state index < -0.39 is 0 Å². The normalized spacial score (nSPS) is 10.8. The summed E-state index contributed by atoms with van der Waals surface area (Å²) >= 11 is 1.48. The van der Waals surface area contributed by atoms with Crippen molar-refractivity contribution in [3.8, 4) is 5.88 Å². The molecule has 0 aromatic carbocycles. The largest absolute Gasteiger partial charge is 0.493 e. The van der Waals surface area contributed by atoms with Crippen molar-refractivity contribution in [3.63, 3.8) is 0 Å². The van der Waals surface area contributed by atoms with Gasteiger partial charge in [-0.2, -0.15) is 4.98 Å². The smallest absolute Gasteiger partial charge is 0.258 e. The van der Waals surface area contributed by atoms with Gasteiger partial charge in [0.25, 0.3) is 5.56 Å². The highest BCUT2D eigenvalue weighted by Gasteiger charge is 2.11. The maximum absolute atomic E-state index is 12.1. The van der Waals surface area contributed by atoms with Crippen LogP contribution in [0.5, 0.6) is 5.88 Å². The maximum atomic E-state index is 12.1. The number of nitrogens with zero attached hydrogens (tertiary/aromatic N) is 2. The van der Waals surface area contributed by atoms with E-state index in [0.29, 0.717) is 17.1 Å². The molecule has 0 saturated carbocycles. The Morgan fingerprint density at radius 3 is 2.43 bits per heavy atom. The number of halogens is 1. The molecule has 0 saturated heterocycles. The predicted molar refractivity (Wildman–Crippen MR) is 100 cm³/mol. The summed E-state index contributed by atoms with van der Waals surface area (Å²) in [4.78, 5) is 21.3. The van der Waals surface area contributed by atoms with E-state index in [-0.39, 0.29) is 23.8 Å². The van der Waals surface area contributed by atoms with Crippen LogP contribution in [0.3, 0.4) is 0 Å². The molecule has 1 aromatic rings. The first-order chi connectivity index (χ1) is 10.6. The van der Waals surface area contributed by atoms with Crippen molar-refractivity contribution in [2.75, 3.05) is 25.4 Å². The predicted octanol–water partition coefficient (Wildman–Crippen LogP) is 3.45. The summed E-state index contributed by atoms with van der Waals surface area (Å²) in [6, 6.07) is 0. The van der Waals surface area contributed by atoms with Gasteiger partial charge in [0.2, 0.25) is 5.88 Å². The molecule has 23 heavy (non-hydrogen) atoms. The highest BCUT2D eigenvalue weighted by atomic mass is 35.5. The van der Waals surface area contributed by atoms with E-state index in [2.05, 4.69) is 35.6 Å². The summed E-state index contributed by atoms with van der Waals surface area (Å²) in [6.45, 7) is 9.39. The van der Waals surface area contributed by atoms with Gasteiger partial charge in [-0.05, 0) is 25.9 Å². The first kappa shape index (κ1) is 22.3. The molecule has 0 spiro atoms. The molecule has 0 aliphatic carbocycles. The lowest BCUT2D eigenvalue weighted by Gasteiger charge is -2.17. The van der Waals surface area contributed by atoms with Gasteiger partial charge in [0, 0.05) is 12.3 Å². The molecule has 0 aliphatic heterocycles. The minimum atomic E-state index is -0.200. The molecule has 1 rings (SSSR count). The van der Waals surface area contributed by atoms with Crippen LogP contribution in [0, 0.1) is 0 Å². The first-order valence-electron chi connectivity index (χ1n) is 8.29. The second-order valence-corrected chi connectivity index (χ2v) is 6.44. The van der Waals surface area contributed by atoms with Gasteiger partial charge in [0.15, 0.2) is 5.16 Å². The standard InChI is InChI=1S/C16H29N3O2S.ClH/c1-4-7-8-9-10-13-14(20)17-16(18-15(13)21)22-12-11-19(5-2)6-3;/h4-12H2,1-3H3,(H2,17,18,20,21);1H. The Hall–Kier alpha value is -0.720. The Bertz CT molecular complexity index is 493. The Labute approximate surface area is 149 Å². The maximum Gasteiger partial charge on any atom is 0.258 e. The van der Waals surface area contributed by atoms with Gasteiger partial charge in [-0.25, -0.2) is 0 Å². The third kappa shape index (κ3) is 8.08. The average Bonchev–Trinajstić information content (AvgIpc) is 2.50.